The number of imidazole rings is 1. The maximum absolute atomic E-state index is 6.35. The van der Waals surface area contributed by atoms with Gasteiger partial charge in [-0.3, -0.25) is 9.88 Å². The number of nitrogens with one attached hydrogen (secondary N) is 1. The van der Waals surface area contributed by atoms with Crippen molar-refractivity contribution >= 4 is 11.6 Å². The van der Waals surface area contributed by atoms with Gasteiger partial charge in [0.15, 0.2) is 0 Å². The average molecular weight is 365 g/mol. The van der Waals surface area contributed by atoms with E-state index in [4.69, 9.17) is 16.6 Å². The molecule has 0 spiro atoms. The van der Waals surface area contributed by atoms with Gasteiger partial charge in [0, 0.05) is 43.5 Å². The Labute approximate surface area is 158 Å². The number of fused-ring (bicyclic) bond motifs is 2. The van der Waals surface area contributed by atoms with Crippen molar-refractivity contribution in [1.29, 1.82) is 0 Å². The summed E-state index contributed by atoms with van der Waals surface area (Å²) in [6.45, 7) is 2.02. The molecule has 132 valence electrons. The fraction of sp³-hybridized carbons (Fsp3) is 0.333. The van der Waals surface area contributed by atoms with Gasteiger partial charge >= 0.3 is 0 Å². The largest absolute Gasteiger partial charge is 0.340 e. The lowest BCUT2D eigenvalue weighted by atomic mass is 9.88. The molecule has 4 nitrogen and oxygen atoms in total. The second-order valence-electron chi connectivity index (χ2n) is 7.25. The highest BCUT2D eigenvalue weighted by Crippen LogP contribution is 2.30. The maximum Gasteiger partial charge on any atom is 0.139 e. The minimum absolute atomic E-state index is 0.602. The molecular formula is C21H21ClN4. The maximum atomic E-state index is 6.35. The fourth-order valence-electron chi connectivity index (χ4n) is 4.28. The molecule has 1 aliphatic heterocycles. The summed E-state index contributed by atoms with van der Waals surface area (Å²) >= 11 is 6.35. The van der Waals surface area contributed by atoms with Gasteiger partial charge in [0.2, 0.25) is 0 Å². The number of aromatic nitrogens is 3. The topological polar surface area (TPSA) is 44.8 Å². The Morgan fingerprint density at radius 1 is 1.12 bits per heavy atom. The van der Waals surface area contributed by atoms with Gasteiger partial charge in [0.05, 0.1) is 16.4 Å². The Hall–Kier alpha value is -2.17. The van der Waals surface area contributed by atoms with Gasteiger partial charge in [-0.15, -0.1) is 0 Å². The molecule has 0 fully saturated rings. The van der Waals surface area contributed by atoms with E-state index in [2.05, 4.69) is 20.9 Å². The van der Waals surface area contributed by atoms with Gasteiger partial charge in [-0.05, 0) is 48.6 Å². The van der Waals surface area contributed by atoms with Crippen LogP contribution in [0.15, 0.2) is 42.7 Å². The lowest BCUT2D eigenvalue weighted by Crippen LogP contribution is -2.42. The molecule has 3 heterocycles. The van der Waals surface area contributed by atoms with Crippen molar-refractivity contribution in [3.05, 3.63) is 70.3 Å². The molecule has 1 N–H and O–H groups in total. The first-order valence-electron chi connectivity index (χ1n) is 9.26. The smallest absolute Gasteiger partial charge is 0.139 e. The molecule has 1 unspecified atom stereocenters. The summed E-state index contributed by atoms with van der Waals surface area (Å²) in [6.07, 6.45) is 8.41. The van der Waals surface area contributed by atoms with Crippen LogP contribution < -0.4 is 0 Å². The van der Waals surface area contributed by atoms with Gasteiger partial charge in [0.25, 0.3) is 0 Å². The van der Waals surface area contributed by atoms with Crippen molar-refractivity contribution in [3.8, 4) is 11.4 Å². The number of aryl methyl sites for hydroxylation is 1. The van der Waals surface area contributed by atoms with Crippen molar-refractivity contribution in [3.63, 3.8) is 0 Å². The third-order valence-corrected chi connectivity index (χ3v) is 6.04. The summed E-state index contributed by atoms with van der Waals surface area (Å²) in [4.78, 5) is 15.2. The highest BCUT2D eigenvalue weighted by molar-refractivity contribution is 6.33. The summed E-state index contributed by atoms with van der Waals surface area (Å²) in [5, 5.41) is 0.743. The third kappa shape index (κ3) is 2.83. The van der Waals surface area contributed by atoms with Crippen LogP contribution in [0.3, 0.4) is 0 Å². The third-order valence-electron chi connectivity index (χ3n) is 5.71. The van der Waals surface area contributed by atoms with Crippen LogP contribution >= 0.6 is 11.6 Å². The zero-order chi connectivity index (χ0) is 17.5. The van der Waals surface area contributed by atoms with E-state index in [1.165, 1.54) is 28.9 Å². The number of pyridine rings is 1. The SMILES string of the molecule is Clc1ccccc1-c1nc2c([nH]1)CN(C1CCc3cnccc3C1)CC2. The summed E-state index contributed by atoms with van der Waals surface area (Å²) < 4.78 is 0. The van der Waals surface area contributed by atoms with E-state index in [0.29, 0.717) is 6.04 Å². The normalized spacial score (nSPS) is 19.8. The molecule has 0 saturated carbocycles. The predicted molar refractivity (Wildman–Crippen MR) is 103 cm³/mol. The van der Waals surface area contributed by atoms with E-state index in [1.807, 2.05) is 36.7 Å². The Balaban J connectivity index is 1.37. The molecule has 1 atom stereocenters. The lowest BCUT2D eigenvalue weighted by molar-refractivity contribution is 0.160. The van der Waals surface area contributed by atoms with E-state index >= 15 is 0 Å². The molecule has 2 aliphatic rings. The summed E-state index contributed by atoms with van der Waals surface area (Å²) in [7, 11) is 0. The first-order valence-corrected chi connectivity index (χ1v) is 9.64. The molecule has 0 radical (unpaired) electrons. The van der Waals surface area contributed by atoms with Crippen LogP contribution in [0.2, 0.25) is 5.02 Å². The minimum Gasteiger partial charge on any atom is -0.340 e. The van der Waals surface area contributed by atoms with Gasteiger partial charge in [0.1, 0.15) is 5.82 Å². The number of aromatic amines is 1. The lowest BCUT2D eigenvalue weighted by Gasteiger charge is -2.36. The van der Waals surface area contributed by atoms with Gasteiger partial charge < -0.3 is 4.98 Å². The van der Waals surface area contributed by atoms with Crippen molar-refractivity contribution in [2.24, 2.45) is 0 Å². The Bertz CT molecular complexity index is 949. The number of halogens is 1. The van der Waals surface area contributed by atoms with E-state index in [0.717, 1.165) is 48.8 Å². The summed E-state index contributed by atoms with van der Waals surface area (Å²) in [6, 6.07) is 10.7. The van der Waals surface area contributed by atoms with Crippen LogP contribution in [-0.4, -0.2) is 32.4 Å². The highest BCUT2D eigenvalue weighted by atomic mass is 35.5. The van der Waals surface area contributed by atoms with Crippen molar-refractivity contribution in [2.45, 2.75) is 38.3 Å². The molecule has 1 aliphatic carbocycles. The van der Waals surface area contributed by atoms with E-state index in [-0.39, 0.29) is 0 Å². The Kier molecular flexibility index (Phi) is 4.03. The van der Waals surface area contributed by atoms with Gasteiger partial charge in [-0.25, -0.2) is 4.98 Å². The molecule has 3 aromatic rings. The van der Waals surface area contributed by atoms with Gasteiger partial charge in [-0.2, -0.15) is 0 Å². The monoisotopic (exact) mass is 364 g/mol. The molecule has 5 rings (SSSR count). The van der Waals surface area contributed by atoms with Crippen molar-refractivity contribution in [2.75, 3.05) is 6.54 Å². The first-order chi connectivity index (χ1) is 12.8. The predicted octanol–water partition coefficient (Wildman–Crippen LogP) is 4.04. The van der Waals surface area contributed by atoms with E-state index in [1.54, 1.807) is 0 Å². The number of benzene rings is 1. The summed E-state index contributed by atoms with van der Waals surface area (Å²) in [5.41, 5.74) is 6.30. The van der Waals surface area contributed by atoms with E-state index < -0.39 is 0 Å². The fourth-order valence-corrected chi connectivity index (χ4v) is 4.50. The van der Waals surface area contributed by atoms with Crippen molar-refractivity contribution < 1.29 is 0 Å². The molecule has 2 aromatic heterocycles. The molecule has 0 saturated heterocycles. The average Bonchev–Trinajstić information content (AvgIpc) is 3.11. The number of rotatable bonds is 2. The zero-order valence-electron chi connectivity index (χ0n) is 14.6. The Morgan fingerprint density at radius 3 is 2.96 bits per heavy atom. The number of nitrogens with zero attached hydrogens (tertiary/aromatic N) is 3. The molecule has 0 amide bonds. The molecule has 5 heteroatoms. The zero-order valence-corrected chi connectivity index (χ0v) is 15.3. The number of H-pyrrole nitrogens is 1. The van der Waals surface area contributed by atoms with Crippen LogP contribution in [0.5, 0.6) is 0 Å². The number of hydrogen-bond donors (Lipinski definition) is 1. The molecule has 0 bridgehead atoms. The minimum atomic E-state index is 0.602. The molecule has 1 aromatic carbocycles. The standard InChI is InChI=1S/C21H21ClN4/c22-18-4-2-1-3-17(18)21-24-19-8-10-26(13-20(19)25-21)16-6-5-15-12-23-9-7-14(15)11-16/h1-4,7,9,12,16H,5-6,8,10-11,13H2,(H,24,25). The van der Waals surface area contributed by atoms with Crippen LogP contribution in [0.25, 0.3) is 11.4 Å². The molecular weight excluding hydrogens is 344 g/mol. The quantitative estimate of drug-likeness (QED) is 0.746. The summed E-state index contributed by atoms with van der Waals surface area (Å²) in [5.74, 6) is 0.891. The Morgan fingerprint density at radius 2 is 2.04 bits per heavy atom. The first kappa shape index (κ1) is 16.0. The van der Waals surface area contributed by atoms with Gasteiger partial charge in [-0.1, -0.05) is 23.7 Å². The van der Waals surface area contributed by atoms with Crippen LogP contribution in [0, 0.1) is 0 Å². The second-order valence-corrected chi connectivity index (χ2v) is 7.66. The highest BCUT2D eigenvalue weighted by Gasteiger charge is 2.29. The van der Waals surface area contributed by atoms with Crippen LogP contribution in [0.1, 0.15) is 28.9 Å². The van der Waals surface area contributed by atoms with E-state index in [9.17, 15) is 0 Å². The number of hydrogen-bond acceptors (Lipinski definition) is 3. The molecule has 26 heavy (non-hydrogen) atoms. The van der Waals surface area contributed by atoms with Crippen molar-refractivity contribution in [1.82, 2.24) is 19.9 Å². The van der Waals surface area contributed by atoms with Crippen LogP contribution in [-0.2, 0) is 25.8 Å². The van der Waals surface area contributed by atoms with Crippen LogP contribution in [0.4, 0.5) is 0 Å². The second kappa shape index (κ2) is 6.53.